The van der Waals surface area contributed by atoms with Crippen molar-refractivity contribution in [2.24, 2.45) is 0 Å². The first-order valence-electron chi connectivity index (χ1n) is 7.65. The van der Waals surface area contributed by atoms with Crippen LogP contribution in [0.3, 0.4) is 0 Å². The van der Waals surface area contributed by atoms with E-state index in [0.717, 1.165) is 11.1 Å². The summed E-state index contributed by atoms with van der Waals surface area (Å²) in [5, 5.41) is 9.22. The van der Waals surface area contributed by atoms with Crippen LogP contribution in [0, 0.1) is 0 Å². The predicted molar refractivity (Wildman–Crippen MR) is 94.0 cm³/mol. The highest BCUT2D eigenvalue weighted by atomic mass is 16.5. The number of carboxylic acids is 1. The second kappa shape index (κ2) is 7.36. The van der Waals surface area contributed by atoms with E-state index in [1.807, 2.05) is 26.2 Å². The summed E-state index contributed by atoms with van der Waals surface area (Å²) >= 11 is 0. The van der Waals surface area contributed by atoms with E-state index >= 15 is 0 Å². The second-order valence-corrected chi connectivity index (χ2v) is 5.82. The molecule has 5 nitrogen and oxygen atoms in total. The van der Waals surface area contributed by atoms with Gasteiger partial charge in [0.15, 0.2) is 0 Å². The molecule has 5 heteroatoms. The van der Waals surface area contributed by atoms with Crippen LogP contribution < -0.4 is 9.47 Å². The molecule has 0 aliphatic heterocycles. The second-order valence-electron chi connectivity index (χ2n) is 5.82. The van der Waals surface area contributed by atoms with Gasteiger partial charge in [-0.05, 0) is 44.3 Å². The van der Waals surface area contributed by atoms with Crippen LogP contribution in [0.15, 0.2) is 36.4 Å². The molecule has 0 aliphatic rings. The standard InChI is InChI=1S/C19H23NO4/c1-12(20(2)3)13-6-8-14(9-7-13)18-16(23-4)10-15(19(21)22)11-17(18)24-5/h6-12H,1-5H3,(H,21,22)/t12-/m1/s1. The zero-order chi connectivity index (χ0) is 17.9. The Morgan fingerprint density at radius 1 is 1.04 bits per heavy atom. The molecule has 0 amide bonds. The minimum Gasteiger partial charge on any atom is -0.496 e. The van der Waals surface area contributed by atoms with E-state index in [1.165, 1.54) is 31.9 Å². The van der Waals surface area contributed by atoms with Gasteiger partial charge in [0.2, 0.25) is 0 Å². The summed E-state index contributed by atoms with van der Waals surface area (Å²) in [5.74, 6) is -0.0754. The summed E-state index contributed by atoms with van der Waals surface area (Å²) in [7, 11) is 7.11. The van der Waals surface area contributed by atoms with Crippen LogP contribution in [0.25, 0.3) is 11.1 Å². The predicted octanol–water partition coefficient (Wildman–Crippen LogP) is 3.69. The number of carbonyl (C=O) groups is 1. The molecule has 0 bridgehead atoms. The number of rotatable bonds is 6. The molecule has 0 spiro atoms. The van der Waals surface area contributed by atoms with Crippen LogP contribution in [0.2, 0.25) is 0 Å². The van der Waals surface area contributed by atoms with Gasteiger partial charge in [-0.2, -0.15) is 0 Å². The van der Waals surface area contributed by atoms with Crippen molar-refractivity contribution in [1.29, 1.82) is 0 Å². The Kier molecular flexibility index (Phi) is 5.46. The maximum Gasteiger partial charge on any atom is 0.335 e. The molecule has 0 saturated carbocycles. The molecule has 2 rings (SSSR count). The van der Waals surface area contributed by atoms with Crippen LogP contribution in [-0.2, 0) is 0 Å². The molecule has 0 unspecified atom stereocenters. The van der Waals surface area contributed by atoms with Crippen LogP contribution in [0.4, 0.5) is 0 Å². The first-order valence-corrected chi connectivity index (χ1v) is 7.65. The van der Waals surface area contributed by atoms with Gasteiger partial charge in [0.1, 0.15) is 11.5 Å². The number of hydrogen-bond donors (Lipinski definition) is 1. The smallest absolute Gasteiger partial charge is 0.335 e. The van der Waals surface area contributed by atoms with Crippen molar-refractivity contribution < 1.29 is 19.4 Å². The lowest BCUT2D eigenvalue weighted by Gasteiger charge is -2.21. The number of benzene rings is 2. The quantitative estimate of drug-likeness (QED) is 0.876. The zero-order valence-corrected chi connectivity index (χ0v) is 14.7. The lowest BCUT2D eigenvalue weighted by molar-refractivity contribution is 0.0696. The third-order valence-electron chi connectivity index (χ3n) is 4.21. The van der Waals surface area contributed by atoms with E-state index in [1.54, 1.807) is 0 Å². The van der Waals surface area contributed by atoms with Crippen molar-refractivity contribution in [3.8, 4) is 22.6 Å². The zero-order valence-electron chi connectivity index (χ0n) is 14.7. The van der Waals surface area contributed by atoms with Crippen LogP contribution in [0.1, 0.15) is 28.9 Å². The molecular weight excluding hydrogens is 306 g/mol. The van der Waals surface area contributed by atoms with E-state index in [2.05, 4.69) is 24.0 Å². The maximum absolute atomic E-state index is 11.3. The summed E-state index contributed by atoms with van der Waals surface area (Å²) in [6.07, 6.45) is 0. The summed E-state index contributed by atoms with van der Waals surface area (Å²) in [6.45, 7) is 2.14. The fraction of sp³-hybridized carbons (Fsp3) is 0.316. The van der Waals surface area contributed by atoms with Crippen molar-refractivity contribution in [3.05, 3.63) is 47.5 Å². The fourth-order valence-electron chi connectivity index (χ4n) is 2.55. The van der Waals surface area contributed by atoms with Gasteiger partial charge < -0.3 is 19.5 Å². The molecule has 0 aliphatic carbocycles. The van der Waals surface area contributed by atoms with E-state index in [9.17, 15) is 9.90 Å². The van der Waals surface area contributed by atoms with E-state index < -0.39 is 5.97 Å². The molecule has 0 aromatic heterocycles. The summed E-state index contributed by atoms with van der Waals surface area (Å²) < 4.78 is 10.8. The average Bonchev–Trinajstić information content (AvgIpc) is 2.59. The maximum atomic E-state index is 11.3. The number of methoxy groups -OCH3 is 2. The molecule has 2 aromatic rings. The highest BCUT2D eigenvalue weighted by Gasteiger charge is 2.18. The monoisotopic (exact) mass is 329 g/mol. The van der Waals surface area contributed by atoms with Gasteiger partial charge in [-0.1, -0.05) is 24.3 Å². The Bertz CT molecular complexity index is 698. The Balaban J connectivity index is 2.53. The number of ether oxygens (including phenoxy) is 2. The largest absolute Gasteiger partial charge is 0.496 e. The highest BCUT2D eigenvalue weighted by Crippen LogP contribution is 2.40. The van der Waals surface area contributed by atoms with Gasteiger partial charge in [0.05, 0.1) is 25.3 Å². The number of carboxylic acid groups (broad SMARTS) is 1. The number of nitrogens with zero attached hydrogens (tertiary/aromatic N) is 1. The number of aromatic carboxylic acids is 1. The highest BCUT2D eigenvalue weighted by molar-refractivity contribution is 5.91. The van der Waals surface area contributed by atoms with Crippen molar-refractivity contribution >= 4 is 5.97 Å². The fourth-order valence-corrected chi connectivity index (χ4v) is 2.55. The molecule has 2 aromatic carbocycles. The Morgan fingerprint density at radius 2 is 1.54 bits per heavy atom. The van der Waals surface area contributed by atoms with E-state index in [0.29, 0.717) is 17.5 Å². The molecular formula is C19H23NO4. The van der Waals surface area contributed by atoms with Gasteiger partial charge in [0.25, 0.3) is 0 Å². The lowest BCUT2D eigenvalue weighted by atomic mass is 9.98. The Hall–Kier alpha value is -2.53. The van der Waals surface area contributed by atoms with Crippen molar-refractivity contribution in [3.63, 3.8) is 0 Å². The molecule has 0 heterocycles. The van der Waals surface area contributed by atoms with E-state index in [4.69, 9.17) is 9.47 Å². The summed E-state index contributed by atoms with van der Waals surface area (Å²) in [5.41, 5.74) is 2.98. The third-order valence-corrected chi connectivity index (χ3v) is 4.21. The first-order chi connectivity index (χ1) is 11.4. The van der Waals surface area contributed by atoms with Gasteiger partial charge in [-0.25, -0.2) is 4.79 Å². The first kappa shape index (κ1) is 17.8. The van der Waals surface area contributed by atoms with Gasteiger partial charge in [-0.3, -0.25) is 0 Å². The average molecular weight is 329 g/mol. The van der Waals surface area contributed by atoms with Gasteiger partial charge in [0, 0.05) is 6.04 Å². The Morgan fingerprint density at radius 3 is 1.92 bits per heavy atom. The normalized spacial score (nSPS) is 12.1. The Labute approximate surface area is 142 Å². The lowest BCUT2D eigenvalue weighted by Crippen LogP contribution is -2.16. The SMILES string of the molecule is COc1cc(C(=O)O)cc(OC)c1-c1ccc([C@@H](C)N(C)C)cc1. The summed E-state index contributed by atoms with van der Waals surface area (Å²) in [4.78, 5) is 13.4. The summed E-state index contributed by atoms with van der Waals surface area (Å²) in [6, 6.07) is 11.4. The molecule has 0 saturated heterocycles. The molecule has 128 valence electrons. The molecule has 24 heavy (non-hydrogen) atoms. The van der Waals surface area contributed by atoms with Crippen LogP contribution in [-0.4, -0.2) is 44.3 Å². The van der Waals surface area contributed by atoms with Gasteiger partial charge in [-0.15, -0.1) is 0 Å². The minimum absolute atomic E-state index is 0.130. The van der Waals surface area contributed by atoms with Gasteiger partial charge >= 0.3 is 5.97 Å². The van der Waals surface area contributed by atoms with Crippen LogP contribution >= 0.6 is 0 Å². The minimum atomic E-state index is -1.02. The van der Waals surface area contributed by atoms with Crippen molar-refractivity contribution in [1.82, 2.24) is 4.90 Å². The topological polar surface area (TPSA) is 59.0 Å². The molecule has 1 N–H and O–H groups in total. The third kappa shape index (κ3) is 3.51. The number of hydrogen-bond acceptors (Lipinski definition) is 4. The molecule has 0 fully saturated rings. The van der Waals surface area contributed by atoms with Crippen LogP contribution in [0.5, 0.6) is 11.5 Å². The molecule has 1 atom stereocenters. The van der Waals surface area contributed by atoms with Crippen molar-refractivity contribution in [2.45, 2.75) is 13.0 Å². The van der Waals surface area contributed by atoms with E-state index in [-0.39, 0.29) is 5.56 Å². The van der Waals surface area contributed by atoms with Crippen molar-refractivity contribution in [2.75, 3.05) is 28.3 Å². The molecule has 0 radical (unpaired) electrons.